The Kier molecular flexibility index (Phi) is 8.26. The minimum atomic E-state index is -3.68. The van der Waals surface area contributed by atoms with Crippen molar-refractivity contribution in [2.75, 3.05) is 13.2 Å². The van der Waals surface area contributed by atoms with Crippen molar-refractivity contribution in [2.24, 2.45) is 5.92 Å². The third-order valence-corrected chi connectivity index (χ3v) is 7.91. The van der Waals surface area contributed by atoms with Crippen molar-refractivity contribution in [3.63, 3.8) is 0 Å². The average molecular weight is 510 g/mol. The molecule has 2 aromatic carbocycles. The highest BCUT2D eigenvalue weighted by Gasteiger charge is 2.28. The van der Waals surface area contributed by atoms with Crippen LogP contribution in [0.5, 0.6) is 0 Å². The smallest absolute Gasteiger partial charge is 0.254 e. The van der Waals surface area contributed by atoms with Gasteiger partial charge in [-0.2, -0.15) is 0 Å². The summed E-state index contributed by atoms with van der Waals surface area (Å²) < 4.78 is 34.4. The molecule has 36 heavy (non-hydrogen) atoms. The molecule has 192 valence electrons. The maximum Gasteiger partial charge on any atom is 0.254 e. The quantitative estimate of drug-likeness (QED) is 0.398. The fourth-order valence-corrected chi connectivity index (χ4v) is 6.01. The lowest BCUT2D eigenvalue weighted by Crippen LogP contribution is -2.37. The zero-order valence-corrected chi connectivity index (χ0v) is 22.1. The highest BCUT2D eigenvalue weighted by atomic mass is 32.2. The molecule has 4 rings (SSSR count). The SMILES string of the molecule is Cc1ccc(C(=O)N(Cc2cnc(S(=O)(=O)Cc3ccccc3)n2CC(C)C)CC2CCCO2)cc1. The molecule has 1 amide bonds. The Labute approximate surface area is 214 Å². The van der Waals surface area contributed by atoms with E-state index in [1.165, 1.54) is 0 Å². The van der Waals surface area contributed by atoms with Crippen LogP contribution in [0.2, 0.25) is 0 Å². The number of aryl methyl sites for hydroxylation is 1. The van der Waals surface area contributed by atoms with Crippen molar-refractivity contribution < 1.29 is 17.9 Å². The normalized spacial score (nSPS) is 15.9. The summed E-state index contributed by atoms with van der Waals surface area (Å²) in [7, 11) is -3.68. The second kappa shape index (κ2) is 11.4. The van der Waals surface area contributed by atoms with Gasteiger partial charge in [0, 0.05) is 25.3 Å². The molecule has 0 aliphatic carbocycles. The van der Waals surface area contributed by atoms with Gasteiger partial charge in [0.2, 0.25) is 15.0 Å². The van der Waals surface area contributed by atoms with Crippen LogP contribution in [0.4, 0.5) is 0 Å². The molecule has 1 aliphatic heterocycles. The van der Waals surface area contributed by atoms with Gasteiger partial charge in [0.1, 0.15) is 0 Å². The summed E-state index contributed by atoms with van der Waals surface area (Å²) in [6.45, 7) is 7.96. The molecule has 1 atom stereocenters. The maximum absolute atomic E-state index is 13.5. The topological polar surface area (TPSA) is 81.5 Å². The Balaban J connectivity index is 1.66. The third kappa shape index (κ3) is 6.42. The van der Waals surface area contributed by atoms with E-state index in [9.17, 15) is 13.2 Å². The standard InChI is InChI=1S/C28H35N3O4S/c1-21(2)17-31-25(16-29-28(31)36(33,34)20-23-8-5-4-6-9-23)18-30(19-26-10-7-15-35-26)27(32)24-13-11-22(3)12-14-24/h4-6,8-9,11-14,16,21,26H,7,10,15,17-20H2,1-3H3. The average Bonchev–Trinajstić information content (AvgIpc) is 3.49. The number of sulfone groups is 1. The molecule has 3 aromatic rings. The fraction of sp³-hybridized carbons (Fsp3) is 0.429. The summed E-state index contributed by atoms with van der Waals surface area (Å²) in [5.41, 5.74) is 3.10. The molecule has 0 saturated carbocycles. The molecule has 1 saturated heterocycles. The molecular weight excluding hydrogens is 474 g/mol. The van der Waals surface area contributed by atoms with Crippen molar-refractivity contribution in [3.05, 3.63) is 83.2 Å². The van der Waals surface area contributed by atoms with Gasteiger partial charge in [0.15, 0.2) is 0 Å². The van der Waals surface area contributed by atoms with Crippen molar-refractivity contribution in [3.8, 4) is 0 Å². The van der Waals surface area contributed by atoms with Gasteiger partial charge >= 0.3 is 0 Å². The number of rotatable bonds is 10. The molecule has 0 N–H and O–H groups in total. The number of hydrogen-bond donors (Lipinski definition) is 0. The first-order chi connectivity index (χ1) is 17.2. The number of nitrogens with zero attached hydrogens (tertiary/aromatic N) is 3. The molecule has 1 aliphatic rings. The van der Waals surface area contributed by atoms with Gasteiger partial charge in [0.25, 0.3) is 5.91 Å². The van der Waals surface area contributed by atoms with Crippen LogP contribution in [-0.4, -0.2) is 48.0 Å². The molecule has 1 aromatic heterocycles. The molecule has 7 nitrogen and oxygen atoms in total. The number of aromatic nitrogens is 2. The summed E-state index contributed by atoms with van der Waals surface area (Å²) in [5.74, 6) is -0.0239. The predicted octanol–water partition coefficient (Wildman–Crippen LogP) is 4.64. The Morgan fingerprint density at radius 2 is 1.86 bits per heavy atom. The summed E-state index contributed by atoms with van der Waals surface area (Å²) >= 11 is 0. The Morgan fingerprint density at radius 3 is 2.50 bits per heavy atom. The van der Waals surface area contributed by atoms with E-state index in [0.29, 0.717) is 36.5 Å². The van der Waals surface area contributed by atoms with Gasteiger partial charge in [-0.25, -0.2) is 13.4 Å². The third-order valence-electron chi connectivity index (χ3n) is 6.31. The highest BCUT2D eigenvalue weighted by molar-refractivity contribution is 7.90. The van der Waals surface area contributed by atoms with Crippen LogP contribution >= 0.6 is 0 Å². The first kappa shape index (κ1) is 26.1. The van der Waals surface area contributed by atoms with Crippen molar-refractivity contribution in [1.82, 2.24) is 14.5 Å². The van der Waals surface area contributed by atoms with Crippen LogP contribution in [0.25, 0.3) is 0 Å². The maximum atomic E-state index is 13.5. The van der Waals surface area contributed by atoms with Crippen molar-refractivity contribution in [2.45, 2.75) is 63.7 Å². The molecular formula is C28H35N3O4S. The first-order valence-electron chi connectivity index (χ1n) is 12.5. The lowest BCUT2D eigenvalue weighted by atomic mass is 10.1. The zero-order valence-electron chi connectivity index (χ0n) is 21.3. The number of carbonyl (C=O) groups is 1. The van der Waals surface area contributed by atoms with Crippen LogP contribution in [0, 0.1) is 12.8 Å². The molecule has 8 heteroatoms. The summed E-state index contributed by atoms with van der Waals surface area (Å²) in [4.78, 5) is 19.7. The lowest BCUT2D eigenvalue weighted by molar-refractivity contribution is 0.0501. The number of amides is 1. The van der Waals surface area contributed by atoms with E-state index in [-0.39, 0.29) is 35.4 Å². The molecule has 1 fully saturated rings. The summed E-state index contributed by atoms with van der Waals surface area (Å²) in [6, 6.07) is 16.6. The minimum absolute atomic E-state index is 0.0258. The van der Waals surface area contributed by atoms with E-state index >= 15 is 0 Å². The Hall–Kier alpha value is -2.97. The molecule has 0 radical (unpaired) electrons. The van der Waals surface area contributed by atoms with E-state index in [2.05, 4.69) is 4.98 Å². The van der Waals surface area contributed by atoms with E-state index in [1.807, 2.05) is 63.2 Å². The fourth-order valence-electron chi connectivity index (χ4n) is 4.51. The van der Waals surface area contributed by atoms with Gasteiger partial charge < -0.3 is 14.2 Å². The van der Waals surface area contributed by atoms with E-state index in [1.54, 1.807) is 27.8 Å². The number of hydrogen-bond acceptors (Lipinski definition) is 5. The lowest BCUT2D eigenvalue weighted by Gasteiger charge is -2.26. The van der Waals surface area contributed by atoms with Crippen LogP contribution in [0.15, 0.2) is 66.0 Å². The zero-order chi connectivity index (χ0) is 25.7. The molecule has 0 spiro atoms. The van der Waals surface area contributed by atoms with Crippen LogP contribution in [0.1, 0.15) is 53.9 Å². The van der Waals surface area contributed by atoms with Crippen molar-refractivity contribution >= 4 is 15.7 Å². The second-order valence-electron chi connectivity index (χ2n) is 9.97. The summed E-state index contributed by atoms with van der Waals surface area (Å²) in [5, 5.41) is 0.0508. The van der Waals surface area contributed by atoms with Gasteiger partial charge in [-0.1, -0.05) is 61.9 Å². The predicted molar refractivity (Wildman–Crippen MR) is 139 cm³/mol. The van der Waals surface area contributed by atoms with E-state index in [4.69, 9.17) is 4.74 Å². The van der Waals surface area contributed by atoms with Gasteiger partial charge in [0.05, 0.1) is 30.3 Å². The Morgan fingerprint density at radius 1 is 1.14 bits per heavy atom. The minimum Gasteiger partial charge on any atom is -0.376 e. The van der Waals surface area contributed by atoms with Crippen LogP contribution in [-0.2, 0) is 33.4 Å². The number of imidazole rings is 1. The van der Waals surface area contributed by atoms with E-state index in [0.717, 1.165) is 18.4 Å². The largest absolute Gasteiger partial charge is 0.376 e. The molecule has 1 unspecified atom stereocenters. The van der Waals surface area contributed by atoms with Gasteiger partial charge in [-0.15, -0.1) is 0 Å². The number of ether oxygens (including phenoxy) is 1. The van der Waals surface area contributed by atoms with Crippen LogP contribution < -0.4 is 0 Å². The second-order valence-corrected chi connectivity index (χ2v) is 11.9. The Bertz CT molecular complexity index is 1260. The monoisotopic (exact) mass is 509 g/mol. The van der Waals surface area contributed by atoms with Gasteiger partial charge in [-0.3, -0.25) is 4.79 Å². The highest BCUT2D eigenvalue weighted by Crippen LogP contribution is 2.22. The van der Waals surface area contributed by atoms with Gasteiger partial charge in [-0.05, 0) is 43.4 Å². The summed E-state index contributed by atoms with van der Waals surface area (Å²) in [6.07, 6.45) is 3.46. The number of benzene rings is 2. The van der Waals surface area contributed by atoms with Crippen LogP contribution in [0.3, 0.4) is 0 Å². The van der Waals surface area contributed by atoms with Crippen molar-refractivity contribution in [1.29, 1.82) is 0 Å². The van der Waals surface area contributed by atoms with E-state index < -0.39 is 9.84 Å². The number of carbonyl (C=O) groups excluding carboxylic acids is 1. The molecule has 2 heterocycles. The first-order valence-corrected chi connectivity index (χ1v) is 14.2. The molecule has 0 bridgehead atoms.